The Morgan fingerprint density at radius 2 is 2.00 bits per heavy atom. The number of hydrogen-bond acceptors (Lipinski definition) is 5. The number of rotatable bonds is 5. The second kappa shape index (κ2) is 6.01. The van der Waals surface area contributed by atoms with E-state index in [2.05, 4.69) is 10.3 Å². The van der Waals surface area contributed by atoms with E-state index < -0.39 is 4.92 Å². The first kappa shape index (κ1) is 13.8. The maximum atomic E-state index is 10.9. The van der Waals surface area contributed by atoms with Crippen LogP contribution in [0.25, 0.3) is 0 Å². The van der Waals surface area contributed by atoms with Gasteiger partial charge in [-0.2, -0.15) is 0 Å². The van der Waals surface area contributed by atoms with E-state index in [1.165, 1.54) is 6.20 Å². The molecule has 0 fully saturated rings. The fraction of sp³-hybridized carbons (Fsp3) is 0.214. The summed E-state index contributed by atoms with van der Waals surface area (Å²) in [6, 6.07) is 10.8. The van der Waals surface area contributed by atoms with Crippen LogP contribution in [-0.2, 0) is 0 Å². The maximum absolute atomic E-state index is 10.9. The third kappa shape index (κ3) is 3.03. The Morgan fingerprint density at radius 3 is 2.60 bits per heavy atom. The molecule has 6 nitrogen and oxygen atoms in total. The first-order valence-corrected chi connectivity index (χ1v) is 6.11. The summed E-state index contributed by atoms with van der Waals surface area (Å²) >= 11 is 0. The molecule has 0 bridgehead atoms. The SMILES string of the molecule is COc1ccc(C(C)Nc2cccnc2[N+](=O)[O-])cc1. The lowest BCUT2D eigenvalue weighted by Crippen LogP contribution is -2.09. The van der Waals surface area contributed by atoms with Crippen LogP contribution in [-0.4, -0.2) is 17.0 Å². The van der Waals surface area contributed by atoms with Crippen LogP contribution in [0.5, 0.6) is 5.75 Å². The monoisotopic (exact) mass is 273 g/mol. The molecule has 2 aromatic rings. The Labute approximate surface area is 116 Å². The van der Waals surface area contributed by atoms with E-state index in [0.29, 0.717) is 5.69 Å². The van der Waals surface area contributed by atoms with Gasteiger partial charge in [-0.15, -0.1) is 0 Å². The van der Waals surface area contributed by atoms with Crippen LogP contribution in [0.1, 0.15) is 18.5 Å². The van der Waals surface area contributed by atoms with Gasteiger partial charge in [0.1, 0.15) is 17.6 Å². The summed E-state index contributed by atoms with van der Waals surface area (Å²) in [7, 11) is 1.61. The number of hydrogen-bond donors (Lipinski definition) is 1. The number of methoxy groups -OCH3 is 1. The summed E-state index contributed by atoms with van der Waals surface area (Å²) in [6.07, 6.45) is 1.40. The number of nitro groups is 1. The van der Waals surface area contributed by atoms with Gasteiger partial charge in [0, 0.05) is 6.04 Å². The molecule has 20 heavy (non-hydrogen) atoms. The summed E-state index contributed by atoms with van der Waals surface area (Å²) in [5, 5.41) is 14.0. The largest absolute Gasteiger partial charge is 0.497 e. The van der Waals surface area contributed by atoms with Gasteiger partial charge in [-0.3, -0.25) is 0 Å². The molecular weight excluding hydrogens is 258 g/mol. The van der Waals surface area contributed by atoms with E-state index in [4.69, 9.17) is 4.74 Å². The molecule has 1 unspecified atom stereocenters. The van der Waals surface area contributed by atoms with Gasteiger partial charge in [-0.1, -0.05) is 12.1 Å². The van der Waals surface area contributed by atoms with Gasteiger partial charge < -0.3 is 20.2 Å². The van der Waals surface area contributed by atoms with Gasteiger partial charge in [0.25, 0.3) is 0 Å². The van der Waals surface area contributed by atoms with Gasteiger partial charge in [0.2, 0.25) is 0 Å². The Balaban J connectivity index is 2.18. The van der Waals surface area contributed by atoms with Crippen molar-refractivity contribution in [2.75, 3.05) is 12.4 Å². The van der Waals surface area contributed by atoms with Gasteiger partial charge in [0.05, 0.1) is 7.11 Å². The fourth-order valence-corrected chi connectivity index (χ4v) is 1.86. The number of nitrogens with zero attached hydrogens (tertiary/aromatic N) is 2. The van der Waals surface area contributed by atoms with E-state index in [9.17, 15) is 10.1 Å². The Kier molecular flexibility index (Phi) is 4.14. The van der Waals surface area contributed by atoms with E-state index in [1.807, 2.05) is 31.2 Å². The van der Waals surface area contributed by atoms with Crippen molar-refractivity contribution < 1.29 is 9.66 Å². The number of nitrogens with one attached hydrogen (secondary N) is 1. The molecule has 0 aliphatic carbocycles. The zero-order chi connectivity index (χ0) is 14.5. The van der Waals surface area contributed by atoms with Crippen LogP contribution in [0.15, 0.2) is 42.6 Å². The molecule has 6 heteroatoms. The topological polar surface area (TPSA) is 77.3 Å². The minimum atomic E-state index is -0.497. The van der Waals surface area contributed by atoms with Crippen molar-refractivity contribution in [2.24, 2.45) is 0 Å². The fourth-order valence-electron chi connectivity index (χ4n) is 1.86. The molecule has 1 aromatic heterocycles. The summed E-state index contributed by atoms with van der Waals surface area (Å²) in [4.78, 5) is 14.2. The average Bonchev–Trinajstić information content (AvgIpc) is 2.47. The summed E-state index contributed by atoms with van der Waals surface area (Å²) in [5.41, 5.74) is 1.41. The Bertz CT molecular complexity index is 599. The molecule has 1 aromatic carbocycles. The van der Waals surface area contributed by atoms with Gasteiger partial charge in [-0.05, 0) is 46.7 Å². The average molecular weight is 273 g/mol. The lowest BCUT2D eigenvalue weighted by molar-refractivity contribution is -0.388. The van der Waals surface area contributed by atoms with Crippen LogP contribution in [0.3, 0.4) is 0 Å². The van der Waals surface area contributed by atoms with Crippen LogP contribution >= 0.6 is 0 Å². The standard InChI is InChI=1S/C14H15N3O3/c1-10(11-5-7-12(20-2)8-6-11)16-13-4-3-9-15-14(13)17(18)19/h3-10,16H,1-2H3. The van der Waals surface area contributed by atoms with Crippen LogP contribution in [0.2, 0.25) is 0 Å². The number of benzene rings is 1. The second-order valence-corrected chi connectivity index (χ2v) is 4.27. The highest BCUT2D eigenvalue weighted by atomic mass is 16.6. The van der Waals surface area contributed by atoms with Crippen molar-refractivity contribution in [1.29, 1.82) is 0 Å². The number of pyridine rings is 1. The van der Waals surface area contributed by atoms with Gasteiger partial charge in [-0.25, -0.2) is 0 Å². The van der Waals surface area contributed by atoms with Crippen molar-refractivity contribution in [3.05, 3.63) is 58.3 Å². The van der Waals surface area contributed by atoms with Crippen LogP contribution in [0, 0.1) is 10.1 Å². The number of ether oxygens (including phenoxy) is 1. The van der Waals surface area contributed by atoms with Crippen molar-refractivity contribution in [3.63, 3.8) is 0 Å². The molecule has 0 aliphatic heterocycles. The summed E-state index contributed by atoms with van der Waals surface area (Å²) < 4.78 is 5.10. The van der Waals surface area contributed by atoms with E-state index in [1.54, 1.807) is 19.2 Å². The molecule has 1 atom stereocenters. The lowest BCUT2D eigenvalue weighted by Gasteiger charge is -2.15. The molecule has 1 heterocycles. The maximum Gasteiger partial charge on any atom is 0.386 e. The van der Waals surface area contributed by atoms with Crippen molar-refractivity contribution >= 4 is 11.5 Å². The molecule has 0 amide bonds. The number of anilines is 1. The molecule has 0 spiro atoms. The molecule has 0 saturated heterocycles. The van der Waals surface area contributed by atoms with Crippen LogP contribution < -0.4 is 10.1 Å². The first-order chi connectivity index (χ1) is 9.61. The lowest BCUT2D eigenvalue weighted by atomic mass is 10.1. The zero-order valence-electron chi connectivity index (χ0n) is 11.2. The quantitative estimate of drug-likeness (QED) is 0.668. The predicted octanol–water partition coefficient (Wildman–Crippen LogP) is 3.17. The van der Waals surface area contributed by atoms with E-state index in [0.717, 1.165) is 11.3 Å². The van der Waals surface area contributed by atoms with Crippen molar-refractivity contribution in [1.82, 2.24) is 4.98 Å². The predicted molar refractivity (Wildman–Crippen MR) is 75.9 cm³/mol. The zero-order valence-corrected chi connectivity index (χ0v) is 11.2. The molecule has 104 valence electrons. The third-order valence-electron chi connectivity index (χ3n) is 2.95. The molecule has 0 aliphatic rings. The molecule has 1 N–H and O–H groups in total. The van der Waals surface area contributed by atoms with Gasteiger partial charge in [0.15, 0.2) is 0 Å². The Hall–Kier alpha value is -2.63. The highest BCUT2D eigenvalue weighted by Crippen LogP contribution is 2.26. The summed E-state index contributed by atoms with van der Waals surface area (Å²) in [6.45, 7) is 1.93. The second-order valence-electron chi connectivity index (χ2n) is 4.27. The molecular formula is C14H15N3O3. The highest BCUT2D eigenvalue weighted by molar-refractivity contribution is 5.57. The minimum Gasteiger partial charge on any atom is -0.497 e. The van der Waals surface area contributed by atoms with E-state index in [-0.39, 0.29) is 11.9 Å². The Morgan fingerprint density at radius 1 is 1.30 bits per heavy atom. The van der Waals surface area contributed by atoms with Crippen molar-refractivity contribution in [2.45, 2.75) is 13.0 Å². The first-order valence-electron chi connectivity index (χ1n) is 6.11. The third-order valence-corrected chi connectivity index (χ3v) is 2.95. The normalized spacial score (nSPS) is 11.7. The van der Waals surface area contributed by atoms with E-state index >= 15 is 0 Å². The van der Waals surface area contributed by atoms with Gasteiger partial charge >= 0.3 is 5.82 Å². The molecule has 2 rings (SSSR count). The molecule has 0 radical (unpaired) electrons. The smallest absolute Gasteiger partial charge is 0.386 e. The number of aromatic nitrogens is 1. The molecule has 0 saturated carbocycles. The van der Waals surface area contributed by atoms with Crippen molar-refractivity contribution in [3.8, 4) is 5.75 Å². The summed E-state index contributed by atoms with van der Waals surface area (Å²) in [5.74, 6) is 0.598. The van der Waals surface area contributed by atoms with Crippen LogP contribution in [0.4, 0.5) is 11.5 Å². The minimum absolute atomic E-state index is 0.0798. The highest BCUT2D eigenvalue weighted by Gasteiger charge is 2.16.